The summed E-state index contributed by atoms with van der Waals surface area (Å²) in [7, 11) is 0. The summed E-state index contributed by atoms with van der Waals surface area (Å²) < 4.78 is 0. The fourth-order valence-electron chi connectivity index (χ4n) is 2.17. The third-order valence-corrected chi connectivity index (χ3v) is 3.63. The lowest BCUT2D eigenvalue weighted by Gasteiger charge is -2.21. The van der Waals surface area contributed by atoms with E-state index in [9.17, 15) is 0 Å². The van der Waals surface area contributed by atoms with Crippen molar-refractivity contribution in [2.45, 2.75) is 59.3 Å². The number of hydrogen-bond donors (Lipinski definition) is 0. The van der Waals surface area contributed by atoms with E-state index in [0.29, 0.717) is 0 Å². The third-order valence-electron chi connectivity index (χ3n) is 3.63. The van der Waals surface area contributed by atoms with Crippen LogP contribution in [0.4, 0.5) is 0 Å². The molecule has 66 valence electrons. The summed E-state index contributed by atoms with van der Waals surface area (Å²) in [6.07, 6.45) is 8.69. The molecular formula is C11H22. The van der Waals surface area contributed by atoms with Gasteiger partial charge in [-0.1, -0.05) is 46.5 Å². The van der Waals surface area contributed by atoms with E-state index < -0.39 is 0 Å². The Kier molecular flexibility index (Phi) is 2.98. The zero-order chi connectivity index (χ0) is 8.32. The summed E-state index contributed by atoms with van der Waals surface area (Å²) in [5.41, 5.74) is 0.801. The maximum atomic E-state index is 2.45. The molecule has 0 aliphatic heterocycles. The molecule has 0 heterocycles. The normalized spacial score (nSPS) is 23.2. The van der Waals surface area contributed by atoms with E-state index >= 15 is 0 Å². The molecule has 1 rings (SSSR count). The van der Waals surface area contributed by atoms with Gasteiger partial charge in [-0.05, 0) is 24.2 Å². The van der Waals surface area contributed by atoms with Crippen LogP contribution in [-0.2, 0) is 0 Å². The standard InChI is InChI=1S/C11H22/c1-4-6-7-10(3)11(5-2)8-9-11/h10H,4-9H2,1-3H3. The van der Waals surface area contributed by atoms with E-state index in [2.05, 4.69) is 20.8 Å². The first kappa shape index (κ1) is 9.09. The van der Waals surface area contributed by atoms with Crippen LogP contribution in [0.25, 0.3) is 0 Å². The minimum absolute atomic E-state index is 0.801. The van der Waals surface area contributed by atoms with Crippen LogP contribution >= 0.6 is 0 Å². The lowest BCUT2D eigenvalue weighted by atomic mass is 9.85. The largest absolute Gasteiger partial charge is 0.0654 e. The molecule has 0 nitrogen and oxygen atoms in total. The Balaban J connectivity index is 2.23. The van der Waals surface area contributed by atoms with Crippen LogP contribution in [0.2, 0.25) is 0 Å². The average Bonchev–Trinajstić information content (AvgIpc) is 2.80. The van der Waals surface area contributed by atoms with E-state index in [-0.39, 0.29) is 0 Å². The van der Waals surface area contributed by atoms with Crippen molar-refractivity contribution in [1.29, 1.82) is 0 Å². The summed E-state index contributed by atoms with van der Waals surface area (Å²) in [5.74, 6) is 0.993. The van der Waals surface area contributed by atoms with Gasteiger partial charge in [0.2, 0.25) is 0 Å². The van der Waals surface area contributed by atoms with E-state index in [4.69, 9.17) is 0 Å². The maximum absolute atomic E-state index is 2.45. The van der Waals surface area contributed by atoms with E-state index in [0.717, 1.165) is 11.3 Å². The van der Waals surface area contributed by atoms with Crippen LogP contribution in [0.1, 0.15) is 59.3 Å². The fourth-order valence-corrected chi connectivity index (χ4v) is 2.17. The van der Waals surface area contributed by atoms with Crippen LogP contribution in [0.15, 0.2) is 0 Å². The van der Waals surface area contributed by atoms with Crippen LogP contribution in [-0.4, -0.2) is 0 Å². The molecule has 1 aliphatic carbocycles. The monoisotopic (exact) mass is 154 g/mol. The third kappa shape index (κ3) is 1.98. The molecule has 0 aromatic rings. The van der Waals surface area contributed by atoms with Crippen molar-refractivity contribution in [3.8, 4) is 0 Å². The molecule has 0 radical (unpaired) electrons. The first-order chi connectivity index (χ1) is 5.25. The van der Waals surface area contributed by atoms with Gasteiger partial charge in [-0.15, -0.1) is 0 Å². The molecule has 0 N–H and O–H groups in total. The Bertz CT molecular complexity index is 111. The van der Waals surface area contributed by atoms with Gasteiger partial charge < -0.3 is 0 Å². The van der Waals surface area contributed by atoms with Crippen molar-refractivity contribution in [3.63, 3.8) is 0 Å². The van der Waals surface area contributed by atoms with Crippen molar-refractivity contribution in [3.05, 3.63) is 0 Å². The van der Waals surface area contributed by atoms with Gasteiger partial charge in [0.25, 0.3) is 0 Å². The molecule has 1 fully saturated rings. The SMILES string of the molecule is CCCCC(C)C1(CC)CC1. The Morgan fingerprint density at radius 1 is 1.27 bits per heavy atom. The quantitative estimate of drug-likeness (QED) is 0.561. The summed E-state index contributed by atoms with van der Waals surface area (Å²) >= 11 is 0. The highest BCUT2D eigenvalue weighted by molar-refractivity contribution is 4.95. The molecule has 1 atom stereocenters. The second-order valence-corrected chi connectivity index (χ2v) is 4.26. The summed E-state index contributed by atoms with van der Waals surface area (Å²) in [4.78, 5) is 0. The second kappa shape index (κ2) is 3.60. The van der Waals surface area contributed by atoms with Crippen molar-refractivity contribution in [2.24, 2.45) is 11.3 Å². The zero-order valence-electron chi connectivity index (χ0n) is 8.32. The topological polar surface area (TPSA) is 0 Å². The summed E-state index contributed by atoms with van der Waals surface area (Å²) in [5, 5.41) is 0. The number of rotatable bonds is 5. The number of unbranched alkanes of at least 4 members (excludes halogenated alkanes) is 1. The lowest BCUT2D eigenvalue weighted by molar-refractivity contribution is 0.296. The molecular weight excluding hydrogens is 132 g/mol. The number of hydrogen-bond acceptors (Lipinski definition) is 0. The van der Waals surface area contributed by atoms with Crippen LogP contribution < -0.4 is 0 Å². The molecule has 0 heteroatoms. The van der Waals surface area contributed by atoms with Gasteiger partial charge in [-0.25, -0.2) is 0 Å². The van der Waals surface area contributed by atoms with Crippen molar-refractivity contribution >= 4 is 0 Å². The highest BCUT2D eigenvalue weighted by atomic mass is 14.5. The molecule has 1 unspecified atom stereocenters. The van der Waals surface area contributed by atoms with E-state index in [1.165, 1.54) is 38.5 Å². The van der Waals surface area contributed by atoms with Crippen LogP contribution in [0, 0.1) is 11.3 Å². The predicted molar refractivity (Wildman–Crippen MR) is 50.6 cm³/mol. The molecule has 11 heavy (non-hydrogen) atoms. The Morgan fingerprint density at radius 2 is 1.91 bits per heavy atom. The van der Waals surface area contributed by atoms with Crippen LogP contribution in [0.3, 0.4) is 0 Å². The highest BCUT2D eigenvalue weighted by Gasteiger charge is 2.44. The average molecular weight is 154 g/mol. The maximum Gasteiger partial charge on any atom is -0.0274 e. The first-order valence-corrected chi connectivity index (χ1v) is 5.25. The predicted octanol–water partition coefficient (Wildman–Crippen LogP) is 4.00. The van der Waals surface area contributed by atoms with Crippen LogP contribution in [0.5, 0.6) is 0 Å². The fraction of sp³-hybridized carbons (Fsp3) is 1.00. The zero-order valence-corrected chi connectivity index (χ0v) is 8.32. The van der Waals surface area contributed by atoms with Gasteiger partial charge in [-0.2, -0.15) is 0 Å². The minimum atomic E-state index is 0.801. The van der Waals surface area contributed by atoms with Crippen molar-refractivity contribution in [2.75, 3.05) is 0 Å². The summed E-state index contributed by atoms with van der Waals surface area (Å²) in [6, 6.07) is 0. The Labute approximate surface area is 71.4 Å². The van der Waals surface area contributed by atoms with Gasteiger partial charge in [0.05, 0.1) is 0 Å². The Morgan fingerprint density at radius 3 is 2.27 bits per heavy atom. The van der Waals surface area contributed by atoms with Gasteiger partial charge in [-0.3, -0.25) is 0 Å². The van der Waals surface area contributed by atoms with Gasteiger partial charge >= 0.3 is 0 Å². The molecule has 0 aromatic carbocycles. The van der Waals surface area contributed by atoms with Crippen molar-refractivity contribution in [1.82, 2.24) is 0 Å². The molecule has 0 amide bonds. The smallest absolute Gasteiger partial charge is 0.0274 e. The molecule has 1 aliphatic rings. The van der Waals surface area contributed by atoms with E-state index in [1.54, 1.807) is 0 Å². The van der Waals surface area contributed by atoms with Crippen molar-refractivity contribution < 1.29 is 0 Å². The summed E-state index contributed by atoms with van der Waals surface area (Å²) in [6.45, 7) is 7.10. The highest BCUT2D eigenvalue weighted by Crippen LogP contribution is 2.55. The molecule has 1 saturated carbocycles. The molecule has 0 bridgehead atoms. The second-order valence-electron chi connectivity index (χ2n) is 4.26. The molecule has 0 spiro atoms. The molecule has 0 aromatic heterocycles. The first-order valence-electron chi connectivity index (χ1n) is 5.25. The van der Waals surface area contributed by atoms with Gasteiger partial charge in [0, 0.05) is 0 Å². The molecule has 0 saturated heterocycles. The minimum Gasteiger partial charge on any atom is -0.0654 e. The lowest BCUT2D eigenvalue weighted by Crippen LogP contribution is -2.11. The van der Waals surface area contributed by atoms with Gasteiger partial charge in [0.1, 0.15) is 0 Å². The van der Waals surface area contributed by atoms with Gasteiger partial charge in [0.15, 0.2) is 0 Å². The Hall–Kier alpha value is 0. The van der Waals surface area contributed by atoms with E-state index in [1.807, 2.05) is 0 Å².